The van der Waals surface area contributed by atoms with Gasteiger partial charge in [0.25, 0.3) is 0 Å². The van der Waals surface area contributed by atoms with E-state index in [2.05, 4.69) is 25.7 Å². The first-order valence-electron chi connectivity index (χ1n) is 8.49. The van der Waals surface area contributed by atoms with Gasteiger partial charge < -0.3 is 9.84 Å². The van der Waals surface area contributed by atoms with E-state index < -0.39 is 0 Å². The molecule has 0 unspecified atom stereocenters. The highest BCUT2D eigenvalue weighted by Crippen LogP contribution is 2.30. The van der Waals surface area contributed by atoms with E-state index in [0.717, 1.165) is 21.6 Å². The molecule has 26 heavy (non-hydrogen) atoms. The van der Waals surface area contributed by atoms with Crippen molar-refractivity contribution in [1.29, 1.82) is 0 Å². The second-order valence-corrected chi connectivity index (χ2v) is 8.54. The molecule has 2 heterocycles. The van der Waals surface area contributed by atoms with Crippen LogP contribution in [-0.4, -0.2) is 32.1 Å². The Bertz CT molecular complexity index is 893. The number of benzene rings is 1. The van der Waals surface area contributed by atoms with Gasteiger partial charge in [0.1, 0.15) is 5.82 Å². The third kappa shape index (κ3) is 4.39. The highest BCUT2D eigenvalue weighted by molar-refractivity contribution is 8.01. The summed E-state index contributed by atoms with van der Waals surface area (Å²) < 4.78 is 19.9. The first kappa shape index (κ1) is 17.4. The molecular formula is C17H18FN5OS2. The summed E-state index contributed by atoms with van der Waals surface area (Å²) in [5.41, 5.74) is 1.23. The van der Waals surface area contributed by atoms with Crippen LogP contribution in [0.2, 0.25) is 0 Å². The molecule has 1 saturated carbocycles. The zero-order chi connectivity index (χ0) is 17.9. The quantitative estimate of drug-likeness (QED) is 0.452. The lowest BCUT2D eigenvalue weighted by Crippen LogP contribution is -1.99. The fraction of sp³-hybridized carbons (Fsp3) is 0.412. The maximum absolute atomic E-state index is 13.7. The molecule has 136 valence electrons. The predicted molar refractivity (Wildman–Crippen MR) is 100 cm³/mol. The number of rotatable bonds is 8. The Morgan fingerprint density at radius 3 is 3.04 bits per heavy atom. The van der Waals surface area contributed by atoms with E-state index in [-0.39, 0.29) is 5.82 Å². The van der Waals surface area contributed by atoms with Gasteiger partial charge in [0.2, 0.25) is 16.8 Å². The van der Waals surface area contributed by atoms with Crippen molar-refractivity contribution >= 4 is 28.2 Å². The van der Waals surface area contributed by atoms with E-state index >= 15 is 0 Å². The fourth-order valence-electron chi connectivity index (χ4n) is 2.32. The minimum atomic E-state index is -0.266. The molecule has 0 radical (unpaired) electrons. The molecule has 0 amide bonds. The van der Waals surface area contributed by atoms with Crippen LogP contribution >= 0.6 is 23.1 Å². The Morgan fingerprint density at radius 1 is 1.35 bits per heavy atom. The second-order valence-electron chi connectivity index (χ2n) is 6.22. The number of aromatic nitrogens is 4. The molecule has 0 aliphatic heterocycles. The second kappa shape index (κ2) is 7.71. The molecule has 1 N–H and O–H groups in total. The summed E-state index contributed by atoms with van der Waals surface area (Å²) in [5.74, 6) is 1.62. The molecule has 0 atom stereocenters. The molecule has 0 saturated heterocycles. The molecule has 3 aromatic rings. The summed E-state index contributed by atoms with van der Waals surface area (Å²) in [5, 5.41) is 16.5. The van der Waals surface area contributed by atoms with Crippen molar-refractivity contribution in [3.05, 3.63) is 35.5 Å². The summed E-state index contributed by atoms with van der Waals surface area (Å²) in [4.78, 5) is 4.35. The number of hydrogen-bond donors (Lipinski definition) is 1. The molecule has 1 fully saturated rings. The lowest BCUT2D eigenvalue weighted by molar-refractivity contribution is 0.378. The van der Waals surface area contributed by atoms with Gasteiger partial charge in [-0.25, -0.2) is 4.39 Å². The molecule has 2 aromatic heterocycles. The third-order valence-corrected chi connectivity index (χ3v) is 6.04. The van der Waals surface area contributed by atoms with Crippen LogP contribution in [0, 0.1) is 12.7 Å². The van der Waals surface area contributed by atoms with E-state index in [1.54, 1.807) is 42.2 Å². The van der Waals surface area contributed by atoms with Gasteiger partial charge in [0, 0.05) is 23.8 Å². The smallest absolute Gasteiger partial charge is 0.226 e. The first-order chi connectivity index (χ1) is 12.7. The minimum Gasteiger partial charge on any atom is -0.357 e. The molecular weight excluding hydrogens is 373 g/mol. The summed E-state index contributed by atoms with van der Waals surface area (Å²) in [6, 6.07) is 5.54. The van der Waals surface area contributed by atoms with Crippen LogP contribution in [0.5, 0.6) is 0 Å². The topological polar surface area (TPSA) is 76.7 Å². The number of nitrogens with zero attached hydrogens (tertiary/aromatic N) is 4. The van der Waals surface area contributed by atoms with Gasteiger partial charge in [-0.1, -0.05) is 40.4 Å². The monoisotopic (exact) mass is 391 g/mol. The van der Waals surface area contributed by atoms with Crippen LogP contribution in [0.4, 0.5) is 9.52 Å². The highest BCUT2D eigenvalue weighted by Gasteiger charge is 2.22. The highest BCUT2D eigenvalue weighted by atomic mass is 32.2. The molecule has 0 bridgehead atoms. The van der Waals surface area contributed by atoms with Gasteiger partial charge in [-0.15, -0.1) is 10.2 Å². The van der Waals surface area contributed by atoms with Crippen molar-refractivity contribution < 1.29 is 8.91 Å². The Hall–Kier alpha value is -2.00. The lowest BCUT2D eigenvalue weighted by atomic mass is 10.1. The molecule has 1 aliphatic carbocycles. The molecule has 4 rings (SSSR count). The Morgan fingerprint density at radius 2 is 2.23 bits per heavy atom. The largest absolute Gasteiger partial charge is 0.357 e. The number of aryl methyl sites for hydroxylation is 2. The minimum absolute atomic E-state index is 0.266. The normalized spacial score (nSPS) is 13.9. The first-order valence-corrected chi connectivity index (χ1v) is 10.3. The van der Waals surface area contributed by atoms with Crippen LogP contribution < -0.4 is 5.32 Å². The summed E-state index contributed by atoms with van der Waals surface area (Å²) >= 11 is 3.27. The number of halogens is 1. The number of thioether (sulfide) groups is 1. The number of hydrogen-bond acceptors (Lipinski definition) is 8. The van der Waals surface area contributed by atoms with Gasteiger partial charge in [-0.2, -0.15) is 4.98 Å². The van der Waals surface area contributed by atoms with Gasteiger partial charge in [-0.3, -0.25) is 0 Å². The molecule has 6 nitrogen and oxygen atoms in total. The predicted octanol–water partition coefficient (Wildman–Crippen LogP) is 4.33. The summed E-state index contributed by atoms with van der Waals surface area (Å²) in [6.07, 6.45) is 4.02. The summed E-state index contributed by atoms with van der Waals surface area (Å²) in [6.45, 7) is 1.72. The van der Waals surface area contributed by atoms with Crippen molar-refractivity contribution in [3.63, 3.8) is 0 Å². The standard InChI is InChI=1S/C17H18FN5OS2/c1-10-4-5-11(9-13(10)18)15-20-14(24-23-15)3-2-8-25-17-22-21-16(26-17)19-12-6-7-12/h4-5,9,12H,2-3,6-8H2,1H3,(H,19,21). The van der Waals surface area contributed by atoms with E-state index in [0.29, 0.717) is 35.3 Å². The lowest BCUT2D eigenvalue weighted by Gasteiger charge is -1.97. The van der Waals surface area contributed by atoms with Crippen LogP contribution in [-0.2, 0) is 6.42 Å². The Kier molecular flexibility index (Phi) is 5.16. The van der Waals surface area contributed by atoms with Crippen LogP contribution in [0.15, 0.2) is 27.1 Å². The fourth-order valence-corrected chi connectivity index (χ4v) is 4.16. The van der Waals surface area contributed by atoms with Gasteiger partial charge >= 0.3 is 0 Å². The molecule has 0 spiro atoms. The number of nitrogens with one attached hydrogen (secondary N) is 1. The van der Waals surface area contributed by atoms with Crippen molar-refractivity contribution in [3.8, 4) is 11.4 Å². The maximum atomic E-state index is 13.7. The molecule has 9 heteroatoms. The maximum Gasteiger partial charge on any atom is 0.226 e. The zero-order valence-electron chi connectivity index (χ0n) is 14.2. The van der Waals surface area contributed by atoms with Gasteiger partial charge in [0.05, 0.1) is 0 Å². The van der Waals surface area contributed by atoms with Gasteiger partial charge in [0.15, 0.2) is 4.34 Å². The average molecular weight is 391 g/mol. The third-order valence-electron chi connectivity index (χ3n) is 3.97. The Balaban J connectivity index is 1.25. The van der Waals surface area contributed by atoms with Crippen molar-refractivity contribution in [2.45, 2.75) is 43.0 Å². The molecule has 1 aliphatic rings. The van der Waals surface area contributed by atoms with Crippen molar-refractivity contribution in [2.75, 3.05) is 11.1 Å². The van der Waals surface area contributed by atoms with Crippen LogP contribution in [0.1, 0.15) is 30.7 Å². The van der Waals surface area contributed by atoms with Crippen LogP contribution in [0.25, 0.3) is 11.4 Å². The number of anilines is 1. The van der Waals surface area contributed by atoms with E-state index in [1.807, 2.05) is 0 Å². The van der Waals surface area contributed by atoms with Gasteiger partial charge in [-0.05, 0) is 37.8 Å². The average Bonchev–Trinajstić information content (AvgIpc) is 3.14. The Labute approximate surface area is 158 Å². The van der Waals surface area contributed by atoms with Crippen LogP contribution in [0.3, 0.4) is 0 Å². The van der Waals surface area contributed by atoms with Crippen molar-refractivity contribution in [2.24, 2.45) is 0 Å². The zero-order valence-corrected chi connectivity index (χ0v) is 15.9. The van der Waals surface area contributed by atoms with Crippen molar-refractivity contribution in [1.82, 2.24) is 20.3 Å². The summed E-state index contributed by atoms with van der Waals surface area (Å²) in [7, 11) is 0. The van der Waals surface area contributed by atoms with E-state index in [1.165, 1.54) is 18.9 Å². The SMILES string of the molecule is Cc1ccc(-c2noc(CCCSc3nnc(NC4CC4)s3)n2)cc1F. The van der Waals surface area contributed by atoms with E-state index in [9.17, 15) is 4.39 Å². The molecule has 1 aromatic carbocycles. The van der Waals surface area contributed by atoms with E-state index in [4.69, 9.17) is 4.52 Å².